The first-order valence-electron chi connectivity index (χ1n) is 9.65. The van der Waals surface area contributed by atoms with Gasteiger partial charge in [-0.1, -0.05) is 29.8 Å². The van der Waals surface area contributed by atoms with E-state index in [1.807, 2.05) is 47.8 Å². The van der Waals surface area contributed by atoms with Crippen molar-refractivity contribution in [1.82, 2.24) is 19.9 Å². The van der Waals surface area contributed by atoms with Crippen LogP contribution < -0.4 is 0 Å². The average Bonchev–Trinajstić information content (AvgIpc) is 3.18. The first kappa shape index (κ1) is 19.4. The van der Waals surface area contributed by atoms with Crippen LogP contribution in [0.5, 0.6) is 5.88 Å². The maximum atomic E-state index is 10.4. The average molecular weight is 439 g/mol. The minimum Gasteiger partial charge on any atom is -0.492 e. The molecule has 5 rings (SSSR count). The van der Waals surface area contributed by atoms with E-state index in [0.717, 1.165) is 41.3 Å². The van der Waals surface area contributed by atoms with Crippen LogP contribution in [-0.4, -0.2) is 44.7 Å². The molecule has 1 N–H and O–H groups in total. The van der Waals surface area contributed by atoms with Gasteiger partial charge in [0.2, 0.25) is 5.88 Å². The van der Waals surface area contributed by atoms with Crippen LogP contribution in [0.15, 0.2) is 54.0 Å². The lowest BCUT2D eigenvalue weighted by atomic mass is 10.1. The van der Waals surface area contributed by atoms with Gasteiger partial charge in [-0.15, -0.1) is 11.3 Å². The van der Waals surface area contributed by atoms with Crippen LogP contribution in [0.1, 0.15) is 17.2 Å². The Bertz CT molecular complexity index is 1170. The Balaban J connectivity index is 1.41. The Kier molecular flexibility index (Phi) is 5.35. The van der Waals surface area contributed by atoms with Gasteiger partial charge in [0.05, 0.1) is 18.2 Å². The van der Waals surface area contributed by atoms with Gasteiger partial charge in [0, 0.05) is 36.4 Å². The first-order chi connectivity index (χ1) is 14.7. The third-order valence-electron chi connectivity index (χ3n) is 5.15. The summed E-state index contributed by atoms with van der Waals surface area (Å²) in [4.78, 5) is 15.6. The molecule has 1 atom stereocenters. The molecule has 1 aliphatic rings. The summed E-state index contributed by atoms with van der Waals surface area (Å²) in [6.07, 6.45) is 1.70. The Hall–Kier alpha value is -2.58. The number of nitrogens with zero attached hydrogens (tertiary/aromatic N) is 4. The predicted octanol–water partition coefficient (Wildman–Crippen LogP) is 4.69. The quantitative estimate of drug-likeness (QED) is 0.498. The molecule has 6 nitrogen and oxygen atoms in total. The van der Waals surface area contributed by atoms with Crippen LogP contribution in [0.4, 0.5) is 0 Å². The van der Waals surface area contributed by atoms with E-state index < -0.39 is 0 Å². The van der Waals surface area contributed by atoms with Gasteiger partial charge in [0.1, 0.15) is 10.4 Å². The summed E-state index contributed by atoms with van der Waals surface area (Å²) in [6.45, 7) is 3.01. The number of hydrogen-bond acceptors (Lipinski definition) is 7. The van der Waals surface area contributed by atoms with Crippen molar-refractivity contribution in [3.05, 3.63) is 70.2 Å². The number of aromatic hydroxyl groups is 1. The molecule has 4 heterocycles. The summed E-state index contributed by atoms with van der Waals surface area (Å²) in [7, 11) is 0. The molecule has 30 heavy (non-hydrogen) atoms. The molecule has 1 unspecified atom stereocenters. The number of halogens is 1. The molecule has 0 radical (unpaired) electrons. The van der Waals surface area contributed by atoms with Gasteiger partial charge < -0.3 is 9.84 Å². The van der Waals surface area contributed by atoms with Crippen LogP contribution in [0, 0.1) is 0 Å². The lowest BCUT2D eigenvalue weighted by molar-refractivity contribution is -0.0327. The molecular weight excluding hydrogens is 420 g/mol. The zero-order chi connectivity index (χ0) is 20.5. The van der Waals surface area contributed by atoms with Crippen molar-refractivity contribution in [2.45, 2.75) is 12.6 Å². The Labute approximate surface area is 182 Å². The molecule has 3 aromatic heterocycles. The zero-order valence-electron chi connectivity index (χ0n) is 16.0. The Morgan fingerprint density at radius 3 is 2.83 bits per heavy atom. The van der Waals surface area contributed by atoms with Gasteiger partial charge in [0.25, 0.3) is 0 Å². The highest BCUT2D eigenvalue weighted by atomic mass is 35.5. The molecule has 1 saturated heterocycles. The van der Waals surface area contributed by atoms with Crippen molar-refractivity contribution < 1.29 is 9.84 Å². The fourth-order valence-electron chi connectivity index (χ4n) is 3.64. The summed E-state index contributed by atoms with van der Waals surface area (Å²) in [6, 6.07) is 13.4. The van der Waals surface area contributed by atoms with E-state index >= 15 is 0 Å². The largest absolute Gasteiger partial charge is 0.492 e. The second kappa shape index (κ2) is 8.28. The zero-order valence-corrected chi connectivity index (χ0v) is 17.6. The first-order valence-corrected chi connectivity index (χ1v) is 10.9. The fourth-order valence-corrected chi connectivity index (χ4v) is 4.65. The smallest absolute Gasteiger partial charge is 0.233 e. The highest BCUT2D eigenvalue weighted by Crippen LogP contribution is 2.34. The maximum absolute atomic E-state index is 10.4. The van der Waals surface area contributed by atoms with Crippen molar-refractivity contribution in [3.8, 4) is 17.4 Å². The number of hydrogen-bond donors (Lipinski definition) is 1. The molecule has 152 valence electrons. The molecule has 0 bridgehead atoms. The molecule has 1 aromatic carbocycles. The van der Waals surface area contributed by atoms with Crippen LogP contribution in [0.2, 0.25) is 5.02 Å². The van der Waals surface area contributed by atoms with Crippen molar-refractivity contribution in [3.63, 3.8) is 0 Å². The van der Waals surface area contributed by atoms with Gasteiger partial charge in [-0.2, -0.15) is 4.98 Å². The molecule has 0 amide bonds. The SMILES string of the molecule is Oc1nc(-c2ccccn2)nc2c(CN3CCOC(c4ccc(Cl)cc4)C3)csc12. The lowest BCUT2D eigenvalue weighted by Gasteiger charge is -2.33. The van der Waals surface area contributed by atoms with E-state index in [1.165, 1.54) is 11.3 Å². The van der Waals surface area contributed by atoms with Crippen LogP contribution in [0.3, 0.4) is 0 Å². The number of fused-ring (bicyclic) bond motifs is 1. The molecule has 4 aromatic rings. The van der Waals surface area contributed by atoms with Gasteiger partial charge in [-0.05, 0) is 35.2 Å². The number of morpholine rings is 1. The van der Waals surface area contributed by atoms with Crippen molar-refractivity contribution >= 4 is 33.2 Å². The Morgan fingerprint density at radius 2 is 2.03 bits per heavy atom. The maximum Gasteiger partial charge on any atom is 0.233 e. The number of thiophene rings is 1. The van der Waals surface area contributed by atoms with Gasteiger partial charge in [-0.25, -0.2) is 4.98 Å². The van der Waals surface area contributed by atoms with Gasteiger partial charge in [0.15, 0.2) is 5.82 Å². The van der Waals surface area contributed by atoms with Crippen molar-refractivity contribution in [2.24, 2.45) is 0 Å². The summed E-state index contributed by atoms with van der Waals surface area (Å²) in [5.74, 6) is 0.430. The van der Waals surface area contributed by atoms with E-state index in [1.54, 1.807) is 6.20 Å². The molecule has 1 fully saturated rings. The summed E-state index contributed by atoms with van der Waals surface area (Å²) < 4.78 is 6.68. The highest BCUT2D eigenvalue weighted by molar-refractivity contribution is 7.17. The number of rotatable bonds is 4. The minimum absolute atomic E-state index is 0.00192. The second-order valence-electron chi connectivity index (χ2n) is 7.17. The Morgan fingerprint density at radius 1 is 1.17 bits per heavy atom. The third-order valence-corrected chi connectivity index (χ3v) is 6.42. The summed E-state index contributed by atoms with van der Waals surface area (Å²) in [5, 5.41) is 13.2. The fraction of sp³-hybridized carbons (Fsp3) is 0.227. The number of benzene rings is 1. The third kappa shape index (κ3) is 3.89. The number of aromatic nitrogens is 3. The molecule has 8 heteroatoms. The standard InChI is InChI=1S/C22H19ClN4O2S/c23-16-6-4-14(5-7-16)18-12-27(9-10-29-18)11-15-13-30-20-19(15)25-21(26-22(20)28)17-3-1-2-8-24-17/h1-8,13,18H,9-12H2,(H,25,26,28). The topological polar surface area (TPSA) is 71.4 Å². The van der Waals surface area contributed by atoms with E-state index in [4.69, 9.17) is 21.3 Å². The van der Waals surface area contributed by atoms with Crippen LogP contribution >= 0.6 is 22.9 Å². The highest BCUT2D eigenvalue weighted by Gasteiger charge is 2.24. The molecule has 0 saturated carbocycles. The van der Waals surface area contributed by atoms with Crippen LogP contribution in [-0.2, 0) is 11.3 Å². The molecule has 1 aliphatic heterocycles. The molecule has 0 aliphatic carbocycles. The monoisotopic (exact) mass is 438 g/mol. The normalized spacial score (nSPS) is 17.4. The van der Waals surface area contributed by atoms with Crippen molar-refractivity contribution in [1.29, 1.82) is 0 Å². The molecule has 0 spiro atoms. The van der Waals surface area contributed by atoms with Crippen LogP contribution in [0.25, 0.3) is 21.7 Å². The lowest BCUT2D eigenvalue weighted by Crippen LogP contribution is -2.37. The second-order valence-corrected chi connectivity index (χ2v) is 8.49. The number of ether oxygens (including phenoxy) is 1. The van der Waals surface area contributed by atoms with Crippen molar-refractivity contribution in [2.75, 3.05) is 19.7 Å². The van der Waals surface area contributed by atoms with E-state index in [-0.39, 0.29) is 12.0 Å². The summed E-state index contributed by atoms with van der Waals surface area (Å²) in [5.41, 5.74) is 3.61. The van der Waals surface area contributed by atoms with Gasteiger partial charge in [-0.3, -0.25) is 9.88 Å². The predicted molar refractivity (Wildman–Crippen MR) is 118 cm³/mol. The summed E-state index contributed by atoms with van der Waals surface area (Å²) >= 11 is 7.48. The van der Waals surface area contributed by atoms with Gasteiger partial charge >= 0.3 is 0 Å². The van der Waals surface area contributed by atoms with E-state index in [9.17, 15) is 5.11 Å². The molecular formula is C22H19ClN4O2S. The number of pyridine rings is 1. The minimum atomic E-state index is -0.00192. The van der Waals surface area contributed by atoms with E-state index in [0.29, 0.717) is 22.8 Å². The van der Waals surface area contributed by atoms with E-state index in [2.05, 4.69) is 14.9 Å².